The number of aryl methyl sites for hydroxylation is 6. The Balaban J connectivity index is 0.000000270. The van der Waals surface area contributed by atoms with E-state index in [4.69, 9.17) is 14.2 Å². The Morgan fingerprint density at radius 1 is 0.248 bits per heavy atom. The van der Waals surface area contributed by atoms with Crippen molar-refractivity contribution in [3.8, 4) is 34.5 Å². The number of hydrogen-bond acceptors (Lipinski definition) is 15. The van der Waals surface area contributed by atoms with Crippen LogP contribution in [0.15, 0.2) is 72.8 Å². The van der Waals surface area contributed by atoms with Gasteiger partial charge in [-0.25, -0.2) is 0 Å². The molecule has 554 valence electrons. The van der Waals surface area contributed by atoms with Crippen molar-refractivity contribution >= 4 is 0 Å². The van der Waals surface area contributed by atoms with Gasteiger partial charge in [0.25, 0.3) is 0 Å². The first-order chi connectivity index (χ1) is 45.8. The van der Waals surface area contributed by atoms with Crippen LogP contribution in [0.1, 0.15) is 225 Å². The third-order valence-electron chi connectivity index (χ3n) is 19.3. The summed E-state index contributed by atoms with van der Waals surface area (Å²) in [6.45, 7) is 56.1. The van der Waals surface area contributed by atoms with Gasteiger partial charge in [0.1, 0.15) is 0 Å². The van der Waals surface area contributed by atoms with Crippen LogP contribution in [0, 0.1) is 41.5 Å². The molecule has 0 spiro atoms. The van der Waals surface area contributed by atoms with Gasteiger partial charge < -0.3 is 76.8 Å². The van der Waals surface area contributed by atoms with Gasteiger partial charge in [-0.2, -0.15) is 0 Å². The SMILES string of the molecule is Cc1cc(CNC2COCC2NCc2cc(C)cc(C(C)(C)C)c2[O-])c([O-])c(C(C)(C)C)c1.Cc1cc(CNC2COCC2NCc2cc(C)cc(C(C)(C)C)c2[O-])c([O-])c(C(C)(C)C)c1.Cc1cc(CNC2COCC2NCc2cc(C)cc(C(C)(C)C)c2[O-])c([O-])c(C(C)(C)C)c1.[Mn+3].[Mn+3]. The topological polar surface area (TPSA) is 238 Å². The maximum absolute atomic E-state index is 13.0. The van der Waals surface area contributed by atoms with Gasteiger partial charge in [-0.05, 0) is 141 Å². The van der Waals surface area contributed by atoms with Crippen molar-refractivity contribution in [3.05, 3.63) is 173 Å². The third kappa shape index (κ3) is 23.4. The largest absolute Gasteiger partial charge is 3.00 e. The summed E-state index contributed by atoms with van der Waals surface area (Å²) in [5, 5.41) is 99.3. The predicted octanol–water partition coefficient (Wildman–Crippen LogP) is 11.1. The van der Waals surface area contributed by atoms with Crippen molar-refractivity contribution in [3.63, 3.8) is 0 Å². The molecule has 6 N–H and O–H groups in total. The van der Waals surface area contributed by atoms with E-state index in [9.17, 15) is 30.6 Å². The van der Waals surface area contributed by atoms with Crippen LogP contribution in [0.25, 0.3) is 0 Å². The van der Waals surface area contributed by atoms with E-state index in [0.29, 0.717) is 78.9 Å². The van der Waals surface area contributed by atoms with Crippen molar-refractivity contribution < 1.29 is 79.0 Å². The smallest absolute Gasteiger partial charge is 0.872 e. The molecule has 0 aromatic heterocycles. The Hall–Kier alpha value is -5.20. The van der Waals surface area contributed by atoms with Gasteiger partial charge in [-0.3, -0.25) is 0 Å². The first-order valence-electron chi connectivity index (χ1n) is 35.8. The van der Waals surface area contributed by atoms with E-state index in [0.717, 1.165) is 100 Å². The van der Waals surface area contributed by atoms with E-state index >= 15 is 0 Å². The molecule has 0 saturated carbocycles. The maximum Gasteiger partial charge on any atom is 3.00 e. The molecule has 3 heterocycles. The zero-order valence-corrected chi connectivity index (χ0v) is 67.7. The first-order valence-corrected chi connectivity index (χ1v) is 35.8. The number of rotatable bonds is 18. The van der Waals surface area contributed by atoms with Crippen molar-refractivity contribution in [2.45, 2.75) is 274 Å². The van der Waals surface area contributed by atoms with Gasteiger partial charge >= 0.3 is 34.1 Å². The summed E-state index contributed by atoms with van der Waals surface area (Å²) in [4.78, 5) is 0. The molecule has 6 aromatic carbocycles. The molecule has 6 atom stereocenters. The summed E-state index contributed by atoms with van der Waals surface area (Å²) in [5.41, 5.74) is 15.4. The fourth-order valence-corrected chi connectivity index (χ4v) is 13.5. The van der Waals surface area contributed by atoms with E-state index in [1.54, 1.807) is 0 Å². The second kappa shape index (κ2) is 35.3. The first kappa shape index (κ1) is 86.4. The van der Waals surface area contributed by atoms with E-state index in [-0.39, 0.29) is 137 Å². The van der Waals surface area contributed by atoms with E-state index in [1.807, 2.05) is 114 Å². The Labute approximate surface area is 628 Å². The molecule has 17 heteroatoms. The third-order valence-corrected chi connectivity index (χ3v) is 19.3. The number of benzene rings is 6. The Morgan fingerprint density at radius 2 is 0.366 bits per heavy atom. The van der Waals surface area contributed by atoms with Gasteiger partial charge in [0, 0.05) is 75.5 Å². The normalized spacial score (nSPS) is 18.9. The van der Waals surface area contributed by atoms with E-state index in [1.165, 1.54) is 0 Å². The molecule has 3 fully saturated rings. The standard InChI is InChI=1S/3C28H42N2O3.2Mn/c3*1-17-9-19(25(31)21(11-17)27(3,4)5)13-29-23-15-33-16-24(23)30-14-20-10-18(2)12-22(26(20)32)28(6,7)8;;/h3*9-12,23-24,29-32H,13-16H2,1-8H3;;/q;;;2*+3/p-6. The minimum absolute atomic E-state index is 0. The molecule has 3 saturated heterocycles. The van der Waals surface area contributed by atoms with Crippen molar-refractivity contribution in [2.75, 3.05) is 39.6 Å². The molecule has 9 rings (SSSR count). The quantitative estimate of drug-likeness (QED) is 0.0439. The molecule has 101 heavy (non-hydrogen) atoms. The zero-order chi connectivity index (χ0) is 73.7. The van der Waals surface area contributed by atoms with E-state index in [2.05, 4.69) is 157 Å². The van der Waals surface area contributed by atoms with Gasteiger partial charge in [0.2, 0.25) is 0 Å². The Kier molecular flexibility index (Phi) is 30.2. The van der Waals surface area contributed by atoms with Crippen LogP contribution in [0.5, 0.6) is 34.5 Å². The second-order valence-electron chi connectivity index (χ2n) is 34.8. The maximum atomic E-state index is 13.0. The predicted molar refractivity (Wildman–Crippen MR) is 392 cm³/mol. The van der Waals surface area contributed by atoms with Crippen LogP contribution < -0.4 is 62.5 Å². The molecular formula is C84H120Mn2N6O9. The summed E-state index contributed by atoms with van der Waals surface area (Å²) in [6, 6.07) is 24.3. The van der Waals surface area contributed by atoms with Gasteiger partial charge in [-0.1, -0.05) is 231 Å². The fraction of sp³-hybridized carbons (Fsp3) is 0.571. The Morgan fingerprint density at radius 3 is 0.475 bits per heavy atom. The zero-order valence-electron chi connectivity index (χ0n) is 65.3. The minimum atomic E-state index is -0.186. The molecule has 6 aromatic rings. The average Bonchev–Trinajstić information content (AvgIpc) is 1.77. The molecule has 3 aliphatic heterocycles. The van der Waals surface area contributed by atoms with Crippen LogP contribution in [0.4, 0.5) is 0 Å². The van der Waals surface area contributed by atoms with Crippen molar-refractivity contribution in [1.82, 2.24) is 31.9 Å². The van der Waals surface area contributed by atoms with E-state index < -0.39 is 0 Å². The fourth-order valence-electron chi connectivity index (χ4n) is 13.5. The average molecular weight is 1470 g/mol. The van der Waals surface area contributed by atoms with Gasteiger partial charge in [0.15, 0.2) is 0 Å². The molecule has 0 bridgehead atoms. The molecule has 0 amide bonds. The van der Waals surface area contributed by atoms with Crippen LogP contribution >= 0.6 is 0 Å². The number of hydrogen-bond donors (Lipinski definition) is 6. The van der Waals surface area contributed by atoms with Gasteiger partial charge in [-0.15, -0.1) is 34.5 Å². The molecule has 3 aliphatic rings. The van der Waals surface area contributed by atoms with Crippen LogP contribution in [0.3, 0.4) is 0 Å². The molecule has 0 aliphatic carbocycles. The number of nitrogens with one attached hydrogen (secondary N) is 6. The van der Waals surface area contributed by atoms with Gasteiger partial charge in [0.05, 0.1) is 39.6 Å². The molecule has 15 nitrogen and oxygen atoms in total. The minimum Gasteiger partial charge on any atom is -0.872 e. The molecule has 6 unspecified atom stereocenters. The summed E-state index contributed by atoms with van der Waals surface area (Å²) < 4.78 is 17.2. The number of ether oxygens (including phenoxy) is 3. The summed E-state index contributed by atoms with van der Waals surface area (Å²) in [5.74, 6) is 0.719. The molecular weight excluding hydrogens is 1350 g/mol. The molecule has 0 radical (unpaired) electrons. The van der Waals surface area contributed by atoms with Crippen molar-refractivity contribution in [1.29, 1.82) is 0 Å². The van der Waals surface area contributed by atoms with Crippen molar-refractivity contribution in [2.24, 2.45) is 0 Å². The summed E-state index contributed by atoms with van der Waals surface area (Å²) in [7, 11) is 0. The van der Waals surface area contributed by atoms with Crippen LogP contribution in [0.2, 0.25) is 0 Å². The van der Waals surface area contributed by atoms with Crippen LogP contribution in [-0.2, 0) is 120 Å². The summed E-state index contributed by atoms with van der Waals surface area (Å²) >= 11 is 0. The van der Waals surface area contributed by atoms with Crippen LogP contribution in [-0.4, -0.2) is 75.9 Å². The summed E-state index contributed by atoms with van der Waals surface area (Å²) in [6.07, 6.45) is 0. The second-order valence-corrected chi connectivity index (χ2v) is 34.8. The monoisotopic (exact) mass is 1470 g/mol. The Bertz CT molecular complexity index is 3120.